The Morgan fingerprint density at radius 2 is 2.00 bits per heavy atom. The summed E-state index contributed by atoms with van der Waals surface area (Å²) < 4.78 is 1.65. The van der Waals surface area contributed by atoms with Crippen LogP contribution in [0.25, 0.3) is 5.69 Å². The van der Waals surface area contributed by atoms with Gasteiger partial charge in [0, 0.05) is 25.4 Å². The van der Waals surface area contributed by atoms with Gasteiger partial charge in [0.25, 0.3) is 0 Å². The highest BCUT2D eigenvalue weighted by Gasteiger charge is 2.12. The van der Waals surface area contributed by atoms with Crippen LogP contribution in [0.5, 0.6) is 0 Å². The molecule has 0 saturated carbocycles. The van der Waals surface area contributed by atoms with Gasteiger partial charge in [-0.05, 0) is 37.1 Å². The van der Waals surface area contributed by atoms with Gasteiger partial charge in [-0.1, -0.05) is 18.6 Å². The van der Waals surface area contributed by atoms with Gasteiger partial charge in [-0.25, -0.2) is 9.48 Å². The number of benzene rings is 1. The van der Waals surface area contributed by atoms with Crippen LogP contribution in [0.1, 0.15) is 26.2 Å². The molecule has 0 fully saturated rings. The lowest BCUT2D eigenvalue weighted by Gasteiger charge is -2.22. The maximum atomic E-state index is 12.3. The van der Waals surface area contributed by atoms with Crippen molar-refractivity contribution < 1.29 is 9.90 Å². The highest BCUT2D eigenvalue weighted by molar-refractivity contribution is 5.89. The van der Waals surface area contributed by atoms with E-state index in [1.807, 2.05) is 24.3 Å². The number of carbonyl (C=O) groups excluding carboxylic acids is 1. The molecule has 0 unspecified atom stereocenters. The minimum absolute atomic E-state index is 0.0858. The van der Waals surface area contributed by atoms with E-state index in [2.05, 4.69) is 22.6 Å². The van der Waals surface area contributed by atoms with Crippen molar-refractivity contribution in [2.45, 2.75) is 26.2 Å². The van der Waals surface area contributed by atoms with Crippen LogP contribution in [0, 0.1) is 0 Å². The molecule has 2 N–H and O–H groups in total. The number of rotatable bonds is 8. The average Bonchev–Trinajstić information content (AvgIpc) is 3.10. The van der Waals surface area contributed by atoms with Crippen molar-refractivity contribution in [2.75, 3.05) is 25.0 Å². The minimum Gasteiger partial charge on any atom is -0.396 e. The Balaban J connectivity index is 1.96. The van der Waals surface area contributed by atoms with Gasteiger partial charge >= 0.3 is 6.03 Å². The summed E-state index contributed by atoms with van der Waals surface area (Å²) in [6.45, 7) is 3.42. The first-order chi connectivity index (χ1) is 11.2. The molecule has 2 rings (SSSR count). The number of aromatic nitrogens is 3. The maximum Gasteiger partial charge on any atom is 0.321 e. The Bertz CT molecular complexity index is 575. The van der Waals surface area contributed by atoms with Crippen LogP contribution in [-0.2, 0) is 0 Å². The van der Waals surface area contributed by atoms with E-state index in [4.69, 9.17) is 5.11 Å². The summed E-state index contributed by atoms with van der Waals surface area (Å²) in [6, 6.07) is 7.26. The second kappa shape index (κ2) is 8.89. The van der Waals surface area contributed by atoms with Crippen molar-refractivity contribution >= 4 is 11.7 Å². The Morgan fingerprint density at radius 1 is 1.26 bits per heavy atom. The molecule has 124 valence electrons. The topological polar surface area (TPSA) is 83.3 Å². The van der Waals surface area contributed by atoms with Crippen LogP contribution < -0.4 is 5.32 Å². The van der Waals surface area contributed by atoms with Gasteiger partial charge in [-0.15, -0.1) is 5.10 Å². The van der Waals surface area contributed by atoms with E-state index in [1.165, 1.54) is 0 Å². The Morgan fingerprint density at radius 3 is 2.61 bits per heavy atom. The number of aliphatic hydroxyl groups excluding tert-OH is 1. The molecule has 0 saturated heterocycles. The zero-order valence-corrected chi connectivity index (χ0v) is 13.4. The normalized spacial score (nSPS) is 10.5. The molecule has 2 aromatic rings. The number of nitrogens with zero attached hydrogens (tertiary/aromatic N) is 4. The molecule has 0 aliphatic heterocycles. The quantitative estimate of drug-likeness (QED) is 0.782. The fourth-order valence-corrected chi connectivity index (χ4v) is 2.17. The van der Waals surface area contributed by atoms with Gasteiger partial charge in [0.1, 0.15) is 0 Å². The van der Waals surface area contributed by atoms with Gasteiger partial charge in [-0.2, -0.15) is 0 Å². The molecular formula is C16H23N5O2. The van der Waals surface area contributed by atoms with Crippen LogP contribution in [0.15, 0.2) is 36.7 Å². The first-order valence-corrected chi connectivity index (χ1v) is 7.88. The Hall–Kier alpha value is -2.41. The molecule has 0 atom stereocenters. The Labute approximate surface area is 135 Å². The standard InChI is InChI=1S/C16H23N5O2/c1-2-3-10-20(11-4-13-22)16(23)18-14-5-7-15(8-6-14)21-12-9-17-19-21/h5-9,12,22H,2-4,10-11,13H2,1H3,(H,18,23). The molecule has 7 nitrogen and oxygen atoms in total. The molecule has 7 heteroatoms. The predicted octanol–water partition coefficient (Wildman–Crippen LogP) is 2.28. The highest BCUT2D eigenvalue weighted by atomic mass is 16.3. The van der Waals surface area contributed by atoms with Crippen molar-refractivity contribution in [1.29, 1.82) is 0 Å². The molecule has 0 bridgehead atoms. The fourth-order valence-electron chi connectivity index (χ4n) is 2.17. The Kier molecular flexibility index (Phi) is 6.56. The van der Waals surface area contributed by atoms with Crippen LogP contribution in [0.2, 0.25) is 0 Å². The molecule has 1 aromatic heterocycles. The van der Waals surface area contributed by atoms with Gasteiger partial charge in [0.15, 0.2) is 0 Å². The van der Waals surface area contributed by atoms with Crippen LogP contribution in [0.3, 0.4) is 0 Å². The van der Waals surface area contributed by atoms with E-state index in [1.54, 1.807) is 22.0 Å². The van der Waals surface area contributed by atoms with Crippen LogP contribution >= 0.6 is 0 Å². The minimum atomic E-state index is -0.139. The second-order valence-electron chi connectivity index (χ2n) is 5.24. The van der Waals surface area contributed by atoms with E-state index >= 15 is 0 Å². The number of hydrogen-bond acceptors (Lipinski definition) is 4. The molecule has 1 aromatic carbocycles. The number of aliphatic hydroxyl groups is 1. The smallest absolute Gasteiger partial charge is 0.321 e. The van der Waals surface area contributed by atoms with Gasteiger partial charge < -0.3 is 15.3 Å². The first-order valence-electron chi connectivity index (χ1n) is 7.88. The van der Waals surface area contributed by atoms with Crippen LogP contribution in [0.4, 0.5) is 10.5 Å². The monoisotopic (exact) mass is 317 g/mol. The number of unbranched alkanes of at least 4 members (excludes halogenated alkanes) is 1. The number of urea groups is 1. The number of amides is 2. The summed E-state index contributed by atoms with van der Waals surface area (Å²) in [5, 5.41) is 19.5. The summed E-state index contributed by atoms with van der Waals surface area (Å²) in [7, 11) is 0. The molecule has 0 spiro atoms. The van der Waals surface area contributed by atoms with Crippen LogP contribution in [-0.4, -0.2) is 50.7 Å². The zero-order valence-electron chi connectivity index (χ0n) is 13.4. The summed E-state index contributed by atoms with van der Waals surface area (Å²) in [4.78, 5) is 14.1. The van der Waals surface area contributed by atoms with Crippen molar-refractivity contribution in [3.8, 4) is 5.69 Å². The van der Waals surface area contributed by atoms with E-state index in [0.29, 0.717) is 19.5 Å². The van der Waals surface area contributed by atoms with Crippen molar-refractivity contribution in [3.05, 3.63) is 36.7 Å². The van der Waals surface area contributed by atoms with Gasteiger partial charge in [-0.3, -0.25) is 0 Å². The SMILES string of the molecule is CCCCN(CCCO)C(=O)Nc1ccc(-n2ccnn2)cc1. The van der Waals surface area contributed by atoms with E-state index in [0.717, 1.165) is 24.2 Å². The molecular weight excluding hydrogens is 294 g/mol. The molecule has 2 amide bonds. The number of nitrogens with one attached hydrogen (secondary N) is 1. The second-order valence-corrected chi connectivity index (χ2v) is 5.24. The summed E-state index contributed by atoms with van der Waals surface area (Å²) in [5.41, 5.74) is 1.60. The summed E-state index contributed by atoms with van der Waals surface area (Å²) >= 11 is 0. The third-order valence-electron chi connectivity index (χ3n) is 3.46. The lowest BCUT2D eigenvalue weighted by Crippen LogP contribution is -2.36. The first kappa shape index (κ1) is 17.0. The largest absolute Gasteiger partial charge is 0.396 e. The zero-order chi connectivity index (χ0) is 16.5. The number of hydrogen-bond donors (Lipinski definition) is 2. The maximum absolute atomic E-state index is 12.3. The number of carbonyl (C=O) groups is 1. The van der Waals surface area contributed by atoms with Crippen molar-refractivity contribution in [1.82, 2.24) is 19.9 Å². The molecule has 23 heavy (non-hydrogen) atoms. The van der Waals surface area contributed by atoms with E-state index in [-0.39, 0.29) is 12.6 Å². The van der Waals surface area contributed by atoms with E-state index in [9.17, 15) is 4.79 Å². The van der Waals surface area contributed by atoms with Gasteiger partial charge in [0.05, 0.1) is 18.1 Å². The third-order valence-corrected chi connectivity index (χ3v) is 3.46. The fraction of sp³-hybridized carbons (Fsp3) is 0.438. The predicted molar refractivity (Wildman–Crippen MR) is 88.6 cm³/mol. The third kappa shape index (κ3) is 5.07. The summed E-state index contributed by atoms with van der Waals surface area (Å²) in [5.74, 6) is 0. The molecule has 0 aliphatic rings. The van der Waals surface area contributed by atoms with E-state index < -0.39 is 0 Å². The number of anilines is 1. The van der Waals surface area contributed by atoms with Crippen molar-refractivity contribution in [2.24, 2.45) is 0 Å². The lowest BCUT2D eigenvalue weighted by atomic mass is 10.2. The highest BCUT2D eigenvalue weighted by Crippen LogP contribution is 2.13. The molecule has 1 heterocycles. The summed E-state index contributed by atoms with van der Waals surface area (Å²) in [6.07, 6.45) is 5.93. The lowest BCUT2D eigenvalue weighted by molar-refractivity contribution is 0.201. The average molecular weight is 317 g/mol. The molecule has 0 radical (unpaired) electrons. The molecule has 0 aliphatic carbocycles. The van der Waals surface area contributed by atoms with Gasteiger partial charge in [0.2, 0.25) is 0 Å². The van der Waals surface area contributed by atoms with Crippen molar-refractivity contribution in [3.63, 3.8) is 0 Å².